The Morgan fingerprint density at radius 3 is 2.24 bits per heavy atom. The van der Waals surface area contributed by atoms with E-state index >= 15 is 0 Å². The van der Waals surface area contributed by atoms with Gasteiger partial charge in [0.25, 0.3) is 0 Å². The summed E-state index contributed by atoms with van der Waals surface area (Å²) in [6.07, 6.45) is 0. The van der Waals surface area contributed by atoms with Gasteiger partial charge in [-0.1, -0.05) is 6.92 Å². The summed E-state index contributed by atoms with van der Waals surface area (Å²) in [4.78, 5) is 11.1. The Bertz CT molecular complexity index is 350. The second kappa shape index (κ2) is 6.32. The number of rotatable bonds is 8. The number of carbonyl (C=O) groups is 1. The third-order valence-corrected chi connectivity index (χ3v) is 4.53. The highest BCUT2D eigenvalue weighted by Gasteiger charge is 2.40. The number of nitrogens with zero attached hydrogens (tertiary/aromatic N) is 1. The van der Waals surface area contributed by atoms with Gasteiger partial charge in [0.1, 0.15) is 5.54 Å². The van der Waals surface area contributed by atoms with Crippen LogP contribution >= 0.6 is 0 Å². The fraction of sp³-hybridized carbons (Fsp3) is 0.900. The van der Waals surface area contributed by atoms with E-state index in [1.54, 1.807) is 13.8 Å². The normalized spacial score (nSPS) is 13.0. The lowest BCUT2D eigenvalue weighted by Gasteiger charge is -2.32. The standard InChI is InChI=1S/C10H21NO5S/c1-5-11(10(3,4)9(12)13)17(14,15)8-7-16-6-2/h5-8H2,1-4H3,(H,12,13). The zero-order chi connectivity index (χ0) is 13.7. The first-order valence-electron chi connectivity index (χ1n) is 5.51. The first-order chi connectivity index (χ1) is 7.70. The average Bonchev–Trinajstić information content (AvgIpc) is 2.17. The first-order valence-corrected chi connectivity index (χ1v) is 7.12. The van der Waals surface area contributed by atoms with Gasteiger partial charge in [-0.25, -0.2) is 8.42 Å². The van der Waals surface area contributed by atoms with Crippen molar-refractivity contribution in [3.63, 3.8) is 0 Å². The van der Waals surface area contributed by atoms with Gasteiger partial charge in [0.05, 0.1) is 12.4 Å². The molecule has 0 radical (unpaired) electrons. The zero-order valence-corrected chi connectivity index (χ0v) is 11.6. The van der Waals surface area contributed by atoms with Gasteiger partial charge in [-0.05, 0) is 20.8 Å². The van der Waals surface area contributed by atoms with E-state index in [1.807, 2.05) is 0 Å². The van der Waals surface area contributed by atoms with Crippen LogP contribution in [0.1, 0.15) is 27.7 Å². The van der Waals surface area contributed by atoms with Gasteiger partial charge in [0, 0.05) is 13.2 Å². The van der Waals surface area contributed by atoms with Crippen molar-refractivity contribution in [3.8, 4) is 0 Å². The molecule has 0 aliphatic carbocycles. The van der Waals surface area contributed by atoms with Crippen LogP contribution in [0.5, 0.6) is 0 Å². The zero-order valence-electron chi connectivity index (χ0n) is 10.8. The van der Waals surface area contributed by atoms with Crippen LogP contribution in [0.25, 0.3) is 0 Å². The van der Waals surface area contributed by atoms with Crippen LogP contribution in [0.15, 0.2) is 0 Å². The molecule has 0 saturated carbocycles. The largest absolute Gasteiger partial charge is 0.480 e. The van der Waals surface area contributed by atoms with Crippen LogP contribution in [0.2, 0.25) is 0 Å². The van der Waals surface area contributed by atoms with Gasteiger partial charge >= 0.3 is 5.97 Å². The monoisotopic (exact) mass is 267 g/mol. The maximum Gasteiger partial charge on any atom is 0.324 e. The maximum atomic E-state index is 12.0. The number of ether oxygens (including phenoxy) is 1. The molecular formula is C10H21NO5S. The summed E-state index contributed by atoms with van der Waals surface area (Å²) in [5.41, 5.74) is -1.44. The minimum absolute atomic E-state index is 0.0744. The number of hydrogen-bond acceptors (Lipinski definition) is 4. The molecular weight excluding hydrogens is 246 g/mol. The predicted octanol–water partition coefficient (Wildman–Crippen LogP) is 0.538. The third kappa shape index (κ3) is 4.25. The smallest absolute Gasteiger partial charge is 0.324 e. The van der Waals surface area contributed by atoms with Crippen molar-refractivity contribution in [1.82, 2.24) is 4.31 Å². The molecule has 0 aromatic carbocycles. The highest BCUT2D eigenvalue weighted by Crippen LogP contribution is 2.19. The Hall–Kier alpha value is -0.660. The van der Waals surface area contributed by atoms with Gasteiger partial charge in [-0.3, -0.25) is 4.79 Å². The average molecular weight is 267 g/mol. The maximum absolute atomic E-state index is 12.0. The number of hydrogen-bond donors (Lipinski definition) is 1. The second-order valence-electron chi connectivity index (χ2n) is 4.04. The van der Waals surface area contributed by atoms with Crippen molar-refractivity contribution < 1.29 is 23.1 Å². The van der Waals surface area contributed by atoms with Crippen molar-refractivity contribution in [2.24, 2.45) is 0 Å². The molecule has 0 spiro atoms. The predicted molar refractivity (Wildman–Crippen MR) is 64.4 cm³/mol. The summed E-state index contributed by atoms with van der Waals surface area (Å²) < 4.78 is 29.9. The molecule has 6 nitrogen and oxygen atoms in total. The topological polar surface area (TPSA) is 83.9 Å². The second-order valence-corrected chi connectivity index (χ2v) is 6.05. The molecule has 0 aliphatic heterocycles. The number of carboxylic acid groups (broad SMARTS) is 1. The van der Waals surface area contributed by atoms with Crippen LogP contribution < -0.4 is 0 Å². The molecule has 0 aromatic rings. The van der Waals surface area contributed by atoms with Crippen molar-refractivity contribution in [2.75, 3.05) is 25.5 Å². The van der Waals surface area contributed by atoms with E-state index in [-0.39, 0.29) is 18.9 Å². The van der Waals surface area contributed by atoms with E-state index in [9.17, 15) is 13.2 Å². The minimum atomic E-state index is -3.62. The number of carboxylic acids is 1. The fourth-order valence-corrected chi connectivity index (χ4v) is 3.18. The van der Waals surface area contributed by atoms with E-state index in [0.29, 0.717) is 6.61 Å². The van der Waals surface area contributed by atoms with Crippen molar-refractivity contribution in [1.29, 1.82) is 0 Å². The number of aliphatic carboxylic acids is 1. The summed E-state index contributed by atoms with van der Waals surface area (Å²) in [5.74, 6) is -1.37. The van der Waals surface area contributed by atoms with E-state index in [1.165, 1.54) is 13.8 Å². The Labute approximate surface area is 103 Å². The fourth-order valence-electron chi connectivity index (χ4n) is 1.47. The molecule has 0 atom stereocenters. The van der Waals surface area contributed by atoms with Crippen molar-refractivity contribution >= 4 is 16.0 Å². The van der Waals surface area contributed by atoms with Crippen LogP contribution in [0, 0.1) is 0 Å². The molecule has 0 bridgehead atoms. The first kappa shape index (κ1) is 16.3. The van der Waals surface area contributed by atoms with E-state index in [4.69, 9.17) is 9.84 Å². The van der Waals surface area contributed by atoms with E-state index in [0.717, 1.165) is 4.31 Å². The summed E-state index contributed by atoms with van der Waals surface area (Å²) in [7, 11) is -3.62. The van der Waals surface area contributed by atoms with Crippen LogP contribution in [0.4, 0.5) is 0 Å². The molecule has 0 saturated heterocycles. The highest BCUT2D eigenvalue weighted by atomic mass is 32.2. The van der Waals surface area contributed by atoms with E-state index in [2.05, 4.69) is 0 Å². The van der Waals surface area contributed by atoms with Gasteiger partial charge in [0.15, 0.2) is 0 Å². The van der Waals surface area contributed by atoms with Crippen molar-refractivity contribution in [3.05, 3.63) is 0 Å². The third-order valence-electron chi connectivity index (χ3n) is 2.46. The quantitative estimate of drug-likeness (QED) is 0.649. The lowest BCUT2D eigenvalue weighted by molar-refractivity contribution is -0.146. The highest BCUT2D eigenvalue weighted by molar-refractivity contribution is 7.89. The molecule has 0 rings (SSSR count). The Balaban J connectivity index is 4.93. The number of sulfonamides is 1. The number of likely N-dealkylation sites (N-methyl/N-ethyl adjacent to an activating group) is 1. The van der Waals surface area contributed by atoms with Gasteiger partial charge in [-0.15, -0.1) is 0 Å². The molecule has 0 aliphatic rings. The molecule has 102 valence electrons. The lowest BCUT2D eigenvalue weighted by atomic mass is 10.1. The molecule has 7 heteroatoms. The molecule has 1 N–H and O–H groups in total. The van der Waals surface area contributed by atoms with Crippen LogP contribution in [-0.2, 0) is 19.6 Å². The van der Waals surface area contributed by atoms with Gasteiger partial charge < -0.3 is 9.84 Å². The molecule has 0 fully saturated rings. The van der Waals surface area contributed by atoms with Gasteiger partial charge in [0.2, 0.25) is 10.0 Å². The summed E-state index contributed by atoms with van der Waals surface area (Å²) in [6, 6.07) is 0. The Kier molecular flexibility index (Phi) is 6.08. The summed E-state index contributed by atoms with van der Waals surface area (Å²) in [5, 5.41) is 9.04. The van der Waals surface area contributed by atoms with Crippen LogP contribution in [0.3, 0.4) is 0 Å². The summed E-state index contributed by atoms with van der Waals surface area (Å²) >= 11 is 0. The lowest BCUT2D eigenvalue weighted by Crippen LogP contribution is -2.53. The molecule has 17 heavy (non-hydrogen) atoms. The Morgan fingerprint density at radius 1 is 1.35 bits per heavy atom. The van der Waals surface area contributed by atoms with E-state index < -0.39 is 21.5 Å². The summed E-state index contributed by atoms with van der Waals surface area (Å²) in [6.45, 7) is 6.76. The molecule has 0 aromatic heterocycles. The molecule has 0 heterocycles. The minimum Gasteiger partial charge on any atom is -0.480 e. The van der Waals surface area contributed by atoms with Crippen LogP contribution in [-0.4, -0.2) is 54.8 Å². The van der Waals surface area contributed by atoms with Gasteiger partial charge in [-0.2, -0.15) is 4.31 Å². The van der Waals surface area contributed by atoms with Crippen molar-refractivity contribution in [2.45, 2.75) is 33.2 Å². The Morgan fingerprint density at radius 2 is 1.88 bits per heavy atom. The SMILES string of the molecule is CCOCCS(=O)(=O)N(CC)C(C)(C)C(=O)O. The molecule has 0 amide bonds. The molecule has 0 unspecified atom stereocenters.